The fourth-order valence-electron chi connectivity index (χ4n) is 11.3. The van der Waals surface area contributed by atoms with Crippen LogP contribution < -0.4 is 9.80 Å². The molecule has 1 aromatic heterocycles. The number of para-hydroxylation sites is 4. The zero-order chi connectivity index (χ0) is 45.8. The van der Waals surface area contributed by atoms with Crippen LogP contribution in [0.5, 0.6) is 0 Å². The molecule has 0 N–H and O–H groups in total. The number of hydrogen-bond acceptors (Lipinski definition) is 5. The first-order valence-corrected chi connectivity index (χ1v) is 24.3. The van der Waals surface area contributed by atoms with Crippen LogP contribution in [0, 0.1) is 0 Å². The van der Waals surface area contributed by atoms with Gasteiger partial charge < -0.3 is 9.80 Å². The zero-order valence-electron chi connectivity index (χ0n) is 37.6. The lowest BCUT2D eigenvalue weighted by molar-refractivity contribution is 0.731. The van der Waals surface area contributed by atoms with Gasteiger partial charge in [-0.25, -0.2) is 4.98 Å². The molecule has 0 saturated heterocycles. The van der Waals surface area contributed by atoms with Gasteiger partial charge >= 0.3 is 0 Å². The highest BCUT2D eigenvalue weighted by Crippen LogP contribution is 2.59. The molecule has 0 aliphatic carbocycles. The van der Waals surface area contributed by atoms with Gasteiger partial charge in [0.05, 0.1) is 33.6 Å². The molecule has 11 aromatic rings. The van der Waals surface area contributed by atoms with Crippen LogP contribution in [0.25, 0.3) is 22.0 Å². The first-order valence-electron chi connectivity index (χ1n) is 23.5. The Morgan fingerprint density at radius 1 is 0.290 bits per heavy atom. The van der Waals surface area contributed by atoms with Gasteiger partial charge in [-0.3, -0.25) is 0 Å². The van der Waals surface area contributed by atoms with Crippen molar-refractivity contribution in [1.82, 2.24) is 9.36 Å². The van der Waals surface area contributed by atoms with Crippen LogP contribution in [0.3, 0.4) is 0 Å². The summed E-state index contributed by atoms with van der Waals surface area (Å²) in [6.07, 6.45) is 0. The third kappa shape index (κ3) is 6.28. The van der Waals surface area contributed by atoms with Crippen molar-refractivity contribution in [1.29, 1.82) is 0 Å². The van der Waals surface area contributed by atoms with Gasteiger partial charge in [0.2, 0.25) is 0 Å². The van der Waals surface area contributed by atoms with E-state index in [0.717, 1.165) is 50.3 Å². The minimum atomic E-state index is -0.509. The van der Waals surface area contributed by atoms with E-state index in [1.54, 1.807) is 0 Å². The van der Waals surface area contributed by atoms with Crippen molar-refractivity contribution in [2.24, 2.45) is 0 Å². The van der Waals surface area contributed by atoms with Crippen molar-refractivity contribution in [2.45, 2.75) is 10.8 Å². The molecule has 4 nitrogen and oxygen atoms in total. The van der Waals surface area contributed by atoms with E-state index in [1.165, 1.54) is 56.0 Å². The number of nitrogens with zero attached hydrogens (tertiary/aromatic N) is 4. The molecular formula is C64H44N4S. The minimum Gasteiger partial charge on any atom is -0.310 e. The predicted molar refractivity (Wildman–Crippen MR) is 284 cm³/mol. The molecule has 0 radical (unpaired) electrons. The molecule has 5 heteroatoms. The average Bonchev–Trinajstić information content (AvgIpc) is 3.94. The molecular weight excluding hydrogens is 857 g/mol. The SMILES string of the molecule is c1ccc(C2(c3ccccc3)c3ccccc3N(c3ccc(-c4nsc(-c5ccc(N6c7ccccc7C(c7ccccc7)(c7ccccc7)c7ccccc76)cc5)n4)cc3)c3ccccc32)cc1. The van der Waals surface area contributed by atoms with Gasteiger partial charge in [-0.15, -0.1) is 0 Å². The molecule has 69 heavy (non-hydrogen) atoms. The van der Waals surface area contributed by atoms with E-state index in [0.29, 0.717) is 5.82 Å². The maximum atomic E-state index is 5.13. The Hall–Kier alpha value is -8.64. The predicted octanol–water partition coefficient (Wildman–Crippen LogP) is 16.2. The normalized spacial score (nSPS) is 14.0. The van der Waals surface area contributed by atoms with E-state index in [9.17, 15) is 0 Å². The highest BCUT2D eigenvalue weighted by molar-refractivity contribution is 7.09. The second kappa shape index (κ2) is 16.6. The minimum absolute atomic E-state index is 0.507. The maximum Gasteiger partial charge on any atom is 0.173 e. The Labute approximate surface area is 406 Å². The molecule has 0 spiro atoms. The fraction of sp³-hybridized carbons (Fsp3) is 0.0312. The summed E-state index contributed by atoms with van der Waals surface area (Å²) in [5.41, 5.74) is 17.7. The molecule has 0 saturated carbocycles. The van der Waals surface area contributed by atoms with Crippen molar-refractivity contribution < 1.29 is 0 Å². The highest BCUT2D eigenvalue weighted by atomic mass is 32.1. The smallest absolute Gasteiger partial charge is 0.173 e. The molecule has 2 aliphatic heterocycles. The third-order valence-corrected chi connectivity index (χ3v) is 15.0. The summed E-state index contributed by atoms with van der Waals surface area (Å²) in [6, 6.07) is 96.8. The maximum absolute atomic E-state index is 5.13. The first-order chi connectivity index (χ1) is 34.2. The molecule has 326 valence electrons. The topological polar surface area (TPSA) is 32.3 Å². The molecule has 0 atom stereocenters. The lowest BCUT2D eigenvalue weighted by Gasteiger charge is -2.46. The highest BCUT2D eigenvalue weighted by Gasteiger charge is 2.47. The monoisotopic (exact) mass is 900 g/mol. The number of benzene rings is 10. The Morgan fingerprint density at radius 3 is 0.913 bits per heavy atom. The van der Waals surface area contributed by atoms with Gasteiger partial charge in [0.15, 0.2) is 5.82 Å². The van der Waals surface area contributed by atoms with Gasteiger partial charge in [-0.05, 0) is 129 Å². The number of aromatic nitrogens is 2. The second-order valence-electron chi connectivity index (χ2n) is 17.7. The molecule has 13 rings (SSSR count). The largest absolute Gasteiger partial charge is 0.310 e. The van der Waals surface area contributed by atoms with Gasteiger partial charge in [-0.2, -0.15) is 4.37 Å². The molecule has 0 unspecified atom stereocenters. The number of hydrogen-bond donors (Lipinski definition) is 0. The summed E-state index contributed by atoms with van der Waals surface area (Å²) in [4.78, 5) is 9.95. The Morgan fingerprint density at radius 2 is 0.580 bits per heavy atom. The van der Waals surface area contributed by atoms with Crippen LogP contribution in [-0.4, -0.2) is 9.36 Å². The van der Waals surface area contributed by atoms with Crippen LogP contribution in [0.15, 0.2) is 267 Å². The van der Waals surface area contributed by atoms with Crippen LogP contribution >= 0.6 is 11.5 Å². The van der Waals surface area contributed by atoms with Crippen LogP contribution in [0.2, 0.25) is 0 Å². The van der Waals surface area contributed by atoms with Crippen LogP contribution in [-0.2, 0) is 10.8 Å². The van der Waals surface area contributed by atoms with Gasteiger partial charge in [-0.1, -0.05) is 194 Å². The fourth-order valence-corrected chi connectivity index (χ4v) is 12.0. The van der Waals surface area contributed by atoms with Gasteiger partial charge in [0, 0.05) is 22.5 Å². The van der Waals surface area contributed by atoms with Crippen molar-refractivity contribution >= 4 is 45.7 Å². The summed E-state index contributed by atoms with van der Waals surface area (Å²) >= 11 is 1.44. The van der Waals surface area contributed by atoms with Gasteiger partial charge in [0.1, 0.15) is 5.01 Å². The Balaban J connectivity index is 0.837. The first kappa shape index (κ1) is 40.6. The number of fused-ring (bicyclic) bond motifs is 4. The van der Waals surface area contributed by atoms with Crippen molar-refractivity contribution in [3.63, 3.8) is 0 Å². The summed E-state index contributed by atoms with van der Waals surface area (Å²) in [6.45, 7) is 0. The van der Waals surface area contributed by atoms with E-state index in [2.05, 4.69) is 277 Å². The summed E-state index contributed by atoms with van der Waals surface area (Å²) < 4.78 is 4.91. The summed E-state index contributed by atoms with van der Waals surface area (Å²) in [5, 5.41) is 0.879. The van der Waals surface area contributed by atoms with E-state index in [4.69, 9.17) is 9.36 Å². The summed E-state index contributed by atoms with van der Waals surface area (Å²) in [7, 11) is 0. The van der Waals surface area contributed by atoms with E-state index in [1.807, 2.05) is 0 Å². The molecule has 3 heterocycles. The Kier molecular flexibility index (Phi) is 9.77. The molecule has 0 fully saturated rings. The third-order valence-electron chi connectivity index (χ3n) is 14.2. The average molecular weight is 901 g/mol. The zero-order valence-corrected chi connectivity index (χ0v) is 38.4. The number of anilines is 6. The number of rotatable bonds is 8. The van der Waals surface area contributed by atoms with Crippen molar-refractivity contribution in [3.05, 3.63) is 311 Å². The van der Waals surface area contributed by atoms with Crippen molar-refractivity contribution in [3.8, 4) is 22.0 Å². The van der Waals surface area contributed by atoms with Crippen molar-refractivity contribution in [2.75, 3.05) is 9.80 Å². The molecule has 0 bridgehead atoms. The molecule has 0 amide bonds. The van der Waals surface area contributed by atoms with E-state index >= 15 is 0 Å². The molecule has 10 aromatic carbocycles. The van der Waals surface area contributed by atoms with E-state index < -0.39 is 10.8 Å². The van der Waals surface area contributed by atoms with E-state index in [-0.39, 0.29) is 0 Å². The second-order valence-corrected chi connectivity index (χ2v) is 18.5. The van der Waals surface area contributed by atoms with Crippen LogP contribution in [0.1, 0.15) is 44.5 Å². The quantitative estimate of drug-likeness (QED) is 0.152. The lowest BCUT2D eigenvalue weighted by atomic mass is 9.62. The molecule has 2 aliphatic rings. The van der Waals surface area contributed by atoms with Gasteiger partial charge in [0.25, 0.3) is 0 Å². The van der Waals surface area contributed by atoms with Crippen LogP contribution in [0.4, 0.5) is 34.1 Å². The summed E-state index contributed by atoms with van der Waals surface area (Å²) in [5.74, 6) is 0.717. The lowest BCUT2D eigenvalue weighted by Crippen LogP contribution is -2.37. The standard InChI is InChI=1S/C64H44N4S/c1-5-21-47(22-6-1)63(48-23-7-2-8-24-48)53-29-13-17-33-57(53)67(58-34-18-14-30-54(58)63)51-41-37-45(38-42-51)61-65-62(69-66-61)46-39-43-52(44-40-46)68-59-35-19-15-31-55(59)64(49-25-9-3-10-26-49,50-27-11-4-12-28-50)56-32-16-20-36-60(56)68/h1-44H. The Bertz CT molecular complexity index is 3190.